The van der Waals surface area contributed by atoms with Crippen molar-refractivity contribution >= 4 is 34.8 Å². The molecule has 0 saturated carbocycles. The van der Waals surface area contributed by atoms with Gasteiger partial charge in [-0.15, -0.1) is 0 Å². The minimum Gasteiger partial charge on any atom is -0.493 e. The third kappa shape index (κ3) is 2.68. The van der Waals surface area contributed by atoms with Gasteiger partial charge in [-0.3, -0.25) is 9.59 Å². The Kier molecular flexibility index (Phi) is 4.43. The molecule has 28 heavy (non-hydrogen) atoms. The van der Waals surface area contributed by atoms with Crippen LogP contribution in [0.1, 0.15) is 5.56 Å². The lowest BCUT2D eigenvalue weighted by atomic mass is 10.1. The molecule has 1 saturated heterocycles. The van der Waals surface area contributed by atoms with Gasteiger partial charge in [0, 0.05) is 11.1 Å². The zero-order valence-corrected chi connectivity index (χ0v) is 16.2. The summed E-state index contributed by atoms with van der Waals surface area (Å²) in [5, 5.41) is 10.00. The molecule has 0 aromatic heterocycles. The highest BCUT2D eigenvalue weighted by Crippen LogP contribution is 2.38. The van der Waals surface area contributed by atoms with Gasteiger partial charge in [0.2, 0.25) is 0 Å². The quantitative estimate of drug-likeness (QED) is 0.736. The van der Waals surface area contributed by atoms with Crippen molar-refractivity contribution in [1.29, 1.82) is 0 Å². The van der Waals surface area contributed by atoms with Crippen LogP contribution in [0.3, 0.4) is 0 Å². The number of halogens is 1. The molecule has 0 unspecified atom stereocenters. The Morgan fingerprint density at radius 3 is 2.36 bits per heavy atom. The summed E-state index contributed by atoms with van der Waals surface area (Å²) in [6.07, 6.45) is 0. The second-order valence-electron chi connectivity index (χ2n) is 6.42. The van der Waals surface area contributed by atoms with E-state index < -0.39 is 23.9 Å². The number of hydrogen-bond donors (Lipinski definition) is 0. The van der Waals surface area contributed by atoms with E-state index in [0.29, 0.717) is 27.9 Å². The number of amides is 2. The maximum absolute atomic E-state index is 13.1. The summed E-state index contributed by atoms with van der Waals surface area (Å²) in [4.78, 5) is 27.0. The van der Waals surface area contributed by atoms with E-state index in [-0.39, 0.29) is 0 Å². The lowest BCUT2D eigenvalue weighted by molar-refractivity contribution is -0.121. The van der Waals surface area contributed by atoms with E-state index in [1.54, 1.807) is 36.4 Å². The van der Waals surface area contributed by atoms with E-state index in [4.69, 9.17) is 21.1 Å². The second-order valence-corrected chi connectivity index (χ2v) is 6.83. The molecule has 9 heteroatoms. The number of imide groups is 1. The predicted molar refractivity (Wildman–Crippen MR) is 103 cm³/mol. The van der Waals surface area contributed by atoms with Gasteiger partial charge in [-0.1, -0.05) is 22.9 Å². The van der Waals surface area contributed by atoms with Gasteiger partial charge in [0.1, 0.15) is 0 Å². The average molecular weight is 401 g/mol. The fourth-order valence-electron chi connectivity index (χ4n) is 3.32. The molecule has 8 nitrogen and oxygen atoms in total. The van der Waals surface area contributed by atoms with Gasteiger partial charge in [-0.25, -0.2) is 9.91 Å². The Balaban J connectivity index is 1.69. The molecular weight excluding hydrogens is 384 g/mol. The maximum atomic E-state index is 13.1. The van der Waals surface area contributed by atoms with Crippen molar-refractivity contribution in [2.45, 2.75) is 19.0 Å². The number of ether oxygens (including phenoxy) is 2. The van der Waals surface area contributed by atoms with Crippen molar-refractivity contribution < 1.29 is 19.1 Å². The number of methoxy groups -OCH3 is 2. The van der Waals surface area contributed by atoms with Crippen LogP contribution in [0.4, 0.5) is 11.4 Å². The summed E-state index contributed by atoms with van der Waals surface area (Å²) in [5.41, 5.74) is 1.85. The molecule has 2 aliphatic heterocycles. The molecule has 0 radical (unpaired) electrons. The summed E-state index contributed by atoms with van der Waals surface area (Å²) < 4.78 is 10.5. The van der Waals surface area contributed by atoms with Crippen molar-refractivity contribution in [3.63, 3.8) is 0 Å². The molecule has 1 fully saturated rings. The SMILES string of the molecule is COc1ccc(N2N=N[C@@H]3C(=O)N(c4ccc(C)c(Cl)c4)C(=O)[C@H]32)cc1OC. The number of rotatable bonds is 4. The Labute approximate surface area is 166 Å². The summed E-state index contributed by atoms with van der Waals surface area (Å²) in [6.45, 7) is 1.85. The first-order valence-corrected chi connectivity index (χ1v) is 8.90. The monoisotopic (exact) mass is 400 g/mol. The number of fused-ring (bicyclic) bond motifs is 1. The van der Waals surface area contributed by atoms with Crippen LogP contribution >= 0.6 is 11.6 Å². The minimum absolute atomic E-state index is 0.408. The third-order valence-electron chi connectivity index (χ3n) is 4.83. The van der Waals surface area contributed by atoms with Crippen LogP contribution in [0.15, 0.2) is 46.7 Å². The van der Waals surface area contributed by atoms with E-state index in [2.05, 4.69) is 10.3 Å². The van der Waals surface area contributed by atoms with E-state index in [1.165, 1.54) is 19.2 Å². The molecule has 0 spiro atoms. The summed E-state index contributed by atoms with van der Waals surface area (Å²) in [7, 11) is 3.05. The van der Waals surface area contributed by atoms with Crippen LogP contribution in [-0.2, 0) is 9.59 Å². The van der Waals surface area contributed by atoms with Crippen LogP contribution in [0.5, 0.6) is 11.5 Å². The van der Waals surface area contributed by atoms with Crippen molar-refractivity contribution in [3.05, 3.63) is 47.0 Å². The van der Waals surface area contributed by atoms with E-state index in [1.807, 2.05) is 6.92 Å². The number of aryl methyl sites for hydroxylation is 1. The lowest BCUT2D eigenvalue weighted by Gasteiger charge is -2.21. The van der Waals surface area contributed by atoms with E-state index >= 15 is 0 Å². The van der Waals surface area contributed by atoms with Gasteiger partial charge in [-0.05, 0) is 36.8 Å². The minimum atomic E-state index is -0.902. The zero-order valence-electron chi connectivity index (χ0n) is 15.4. The van der Waals surface area contributed by atoms with Crippen LogP contribution in [0.2, 0.25) is 5.02 Å². The smallest absolute Gasteiger partial charge is 0.263 e. The molecule has 2 atom stereocenters. The normalized spacial score (nSPS) is 20.7. The molecule has 4 rings (SSSR count). The van der Waals surface area contributed by atoms with Gasteiger partial charge in [-0.2, -0.15) is 5.11 Å². The Morgan fingerprint density at radius 2 is 1.68 bits per heavy atom. The Morgan fingerprint density at radius 1 is 0.964 bits per heavy atom. The number of nitrogens with zero attached hydrogens (tertiary/aromatic N) is 4. The third-order valence-corrected chi connectivity index (χ3v) is 5.23. The molecule has 2 amide bonds. The van der Waals surface area contributed by atoms with Gasteiger partial charge in [0.25, 0.3) is 11.8 Å². The Hall–Kier alpha value is -3.13. The number of hydrogen-bond acceptors (Lipinski definition) is 7. The zero-order chi connectivity index (χ0) is 20.0. The van der Waals surface area contributed by atoms with Crippen molar-refractivity contribution in [2.75, 3.05) is 24.1 Å². The van der Waals surface area contributed by atoms with E-state index in [9.17, 15) is 9.59 Å². The summed E-state index contributed by atoms with van der Waals surface area (Å²) >= 11 is 6.17. The summed E-state index contributed by atoms with van der Waals surface area (Å²) in [5.74, 6) is 0.192. The van der Waals surface area contributed by atoms with Crippen LogP contribution in [0.25, 0.3) is 0 Å². The number of benzene rings is 2. The molecule has 0 N–H and O–H groups in total. The van der Waals surface area contributed by atoms with Crippen molar-refractivity contribution in [1.82, 2.24) is 0 Å². The lowest BCUT2D eigenvalue weighted by Crippen LogP contribution is -2.39. The van der Waals surface area contributed by atoms with Gasteiger partial charge < -0.3 is 9.47 Å². The fourth-order valence-corrected chi connectivity index (χ4v) is 3.49. The molecule has 2 heterocycles. The molecule has 2 aromatic carbocycles. The van der Waals surface area contributed by atoms with Gasteiger partial charge >= 0.3 is 0 Å². The molecule has 0 aliphatic carbocycles. The topological polar surface area (TPSA) is 83.8 Å². The van der Waals surface area contributed by atoms with Crippen LogP contribution in [-0.4, -0.2) is 38.1 Å². The largest absolute Gasteiger partial charge is 0.493 e. The van der Waals surface area contributed by atoms with E-state index in [0.717, 1.165) is 10.5 Å². The number of carbonyl (C=O) groups excluding carboxylic acids is 2. The molecule has 2 aliphatic rings. The molecular formula is C19H17ClN4O4. The first-order valence-electron chi connectivity index (χ1n) is 8.52. The number of anilines is 2. The summed E-state index contributed by atoms with van der Waals surface area (Å²) in [6, 6.07) is 8.42. The predicted octanol–water partition coefficient (Wildman–Crippen LogP) is 3.16. The highest BCUT2D eigenvalue weighted by Gasteiger charge is 2.55. The maximum Gasteiger partial charge on any atom is 0.263 e. The molecule has 144 valence electrons. The standard InChI is InChI=1S/C19H17ClN4O4/c1-10-4-5-11(8-13(10)20)23-18(25)16-17(19(23)26)24(22-21-16)12-6-7-14(27-2)15(9-12)28-3/h4-9,16-17H,1-3H3/t16-,17-/m0/s1. The van der Waals surface area contributed by atoms with Crippen LogP contribution in [0, 0.1) is 6.92 Å². The first kappa shape index (κ1) is 18.2. The van der Waals surface area contributed by atoms with Gasteiger partial charge in [0.15, 0.2) is 23.6 Å². The van der Waals surface area contributed by atoms with Gasteiger partial charge in [0.05, 0.1) is 25.6 Å². The highest BCUT2D eigenvalue weighted by molar-refractivity contribution is 6.32. The van der Waals surface area contributed by atoms with Crippen molar-refractivity contribution in [3.8, 4) is 11.5 Å². The Bertz CT molecular complexity index is 1010. The second kappa shape index (κ2) is 6.79. The highest BCUT2D eigenvalue weighted by atomic mass is 35.5. The molecule has 0 bridgehead atoms. The van der Waals surface area contributed by atoms with Crippen molar-refractivity contribution in [2.24, 2.45) is 10.3 Å². The number of carbonyl (C=O) groups is 2. The first-order chi connectivity index (χ1) is 13.5. The fraction of sp³-hybridized carbons (Fsp3) is 0.263. The average Bonchev–Trinajstić information content (AvgIpc) is 3.24. The molecule has 2 aromatic rings. The van der Waals surface area contributed by atoms with Crippen LogP contribution < -0.4 is 19.4 Å².